The maximum atomic E-state index is 12.1. The number of hydrogen-bond donors (Lipinski definition) is 1. The van der Waals surface area contributed by atoms with Crippen molar-refractivity contribution < 1.29 is 18.8 Å². The first-order chi connectivity index (χ1) is 9.40. The molecule has 0 unspecified atom stereocenters. The van der Waals surface area contributed by atoms with Crippen molar-refractivity contribution in [2.75, 3.05) is 0 Å². The molecule has 0 aromatic rings. The summed E-state index contributed by atoms with van der Waals surface area (Å²) in [7, 11) is -1.36. The molecule has 3 atom stereocenters. The fourth-order valence-corrected chi connectivity index (χ4v) is 3.94. The van der Waals surface area contributed by atoms with Gasteiger partial charge in [0.2, 0.25) is 5.91 Å². The van der Waals surface area contributed by atoms with Gasteiger partial charge in [-0.05, 0) is 25.4 Å². The van der Waals surface area contributed by atoms with Crippen molar-refractivity contribution in [3.63, 3.8) is 0 Å². The summed E-state index contributed by atoms with van der Waals surface area (Å²) in [4.78, 5) is 23.9. The molecule has 21 heavy (non-hydrogen) atoms. The van der Waals surface area contributed by atoms with Gasteiger partial charge in [-0.3, -0.25) is 9.59 Å². The minimum absolute atomic E-state index is 0.108. The summed E-state index contributed by atoms with van der Waals surface area (Å²) < 4.78 is 11.7. The first-order valence-corrected chi connectivity index (χ1v) is 10.4. The average molecular weight is 315 g/mol. The molecule has 0 spiro atoms. The monoisotopic (exact) mass is 315 g/mol. The molecule has 0 bridgehead atoms. The summed E-state index contributed by atoms with van der Waals surface area (Å²) in [6, 6.07) is 0. The van der Waals surface area contributed by atoms with Crippen molar-refractivity contribution in [2.45, 2.75) is 66.5 Å². The van der Waals surface area contributed by atoms with Gasteiger partial charge in [-0.2, -0.15) is 0 Å². The summed E-state index contributed by atoms with van der Waals surface area (Å²) >= 11 is 0. The van der Waals surface area contributed by atoms with E-state index in [0.717, 1.165) is 0 Å². The van der Waals surface area contributed by atoms with Crippen LogP contribution in [-0.2, 0) is 18.8 Å². The molecule has 1 aliphatic heterocycles. The van der Waals surface area contributed by atoms with E-state index in [1.807, 2.05) is 6.92 Å². The largest absolute Gasteiger partial charge is 0.440 e. The summed E-state index contributed by atoms with van der Waals surface area (Å²) in [5.74, 6) is -1.09. The zero-order valence-corrected chi connectivity index (χ0v) is 15.6. The predicted molar refractivity (Wildman–Crippen MR) is 84.2 cm³/mol. The van der Waals surface area contributed by atoms with Crippen molar-refractivity contribution in [1.82, 2.24) is 5.32 Å². The van der Waals surface area contributed by atoms with Gasteiger partial charge in [0.1, 0.15) is 5.92 Å². The van der Waals surface area contributed by atoms with Gasteiger partial charge in [0.25, 0.3) is 0 Å². The van der Waals surface area contributed by atoms with E-state index in [1.165, 1.54) is 0 Å². The molecule has 0 saturated carbocycles. The molecule has 1 fully saturated rings. The first kappa shape index (κ1) is 18.2. The molecule has 0 aliphatic carbocycles. The Morgan fingerprint density at radius 3 is 2.10 bits per heavy atom. The highest BCUT2D eigenvalue weighted by Gasteiger charge is 2.59. The Labute approximate surface area is 129 Å². The second-order valence-electron chi connectivity index (χ2n) is 7.52. The van der Waals surface area contributed by atoms with Gasteiger partial charge in [0.05, 0.1) is 11.5 Å². The molecule has 1 rings (SSSR count). The van der Waals surface area contributed by atoms with Gasteiger partial charge in [0, 0.05) is 0 Å². The Hall–Kier alpha value is -0.883. The second-order valence-corrected chi connectivity index (χ2v) is 9.86. The van der Waals surface area contributed by atoms with E-state index in [-0.39, 0.29) is 23.2 Å². The smallest absolute Gasteiger partial charge is 0.310 e. The quantitative estimate of drug-likeness (QED) is 0.479. The van der Waals surface area contributed by atoms with Crippen LogP contribution in [0, 0.1) is 17.3 Å². The standard InChI is InChI=1S/C15H29NO4Si/c1-9(2)13(18)19-12-10(11(17)16-12)15(6,14(3,4)5)20-21(7)8/h9-10,12,21H,1-8H3,(H,16,17)/t10-,12+,15+/m0/s1. The Kier molecular flexibility index (Phi) is 5.26. The van der Waals surface area contributed by atoms with Crippen LogP contribution in [0.15, 0.2) is 0 Å². The second kappa shape index (κ2) is 6.08. The van der Waals surface area contributed by atoms with Crippen LogP contribution in [0.25, 0.3) is 0 Å². The van der Waals surface area contributed by atoms with Gasteiger partial charge >= 0.3 is 5.97 Å². The lowest BCUT2D eigenvalue weighted by atomic mass is 9.67. The maximum absolute atomic E-state index is 12.1. The molecule has 122 valence electrons. The predicted octanol–water partition coefficient (Wildman–Crippen LogP) is 2.06. The molecule has 1 saturated heterocycles. The highest BCUT2D eigenvalue weighted by molar-refractivity contribution is 6.48. The van der Waals surface area contributed by atoms with Crippen molar-refractivity contribution in [1.29, 1.82) is 0 Å². The fourth-order valence-electron chi connectivity index (χ4n) is 2.46. The van der Waals surface area contributed by atoms with Crippen LogP contribution >= 0.6 is 0 Å². The molecule has 5 nitrogen and oxygen atoms in total. The summed E-state index contributed by atoms with van der Waals surface area (Å²) in [5, 5.41) is 2.68. The highest BCUT2D eigenvalue weighted by atomic mass is 28.3. The Morgan fingerprint density at radius 2 is 1.76 bits per heavy atom. The van der Waals surface area contributed by atoms with E-state index in [4.69, 9.17) is 9.16 Å². The molecule has 0 aromatic carbocycles. The van der Waals surface area contributed by atoms with Crippen LogP contribution in [0.3, 0.4) is 0 Å². The third kappa shape index (κ3) is 3.66. The summed E-state index contributed by atoms with van der Waals surface area (Å²) in [5.41, 5.74) is -0.896. The minimum Gasteiger partial charge on any atom is -0.440 e. The van der Waals surface area contributed by atoms with Crippen molar-refractivity contribution in [2.24, 2.45) is 17.3 Å². The Bertz CT molecular complexity index is 416. The van der Waals surface area contributed by atoms with Gasteiger partial charge in [0.15, 0.2) is 15.3 Å². The lowest BCUT2D eigenvalue weighted by molar-refractivity contribution is -0.196. The number of nitrogens with one attached hydrogen (secondary N) is 1. The number of β-lactam (4-membered cyclic amide) rings is 1. The van der Waals surface area contributed by atoms with Crippen LogP contribution in [0.5, 0.6) is 0 Å². The number of carbonyl (C=O) groups excluding carboxylic acids is 2. The van der Waals surface area contributed by atoms with E-state index in [2.05, 4.69) is 39.2 Å². The number of ether oxygens (including phenoxy) is 1. The molecular weight excluding hydrogens is 286 g/mol. The van der Waals surface area contributed by atoms with Crippen molar-refractivity contribution in [3.05, 3.63) is 0 Å². The number of amides is 1. The van der Waals surface area contributed by atoms with Gasteiger partial charge < -0.3 is 14.5 Å². The molecule has 1 aliphatic rings. The summed E-state index contributed by atoms with van der Waals surface area (Å²) in [6.45, 7) is 15.8. The van der Waals surface area contributed by atoms with E-state index in [0.29, 0.717) is 0 Å². The molecule has 0 aromatic heterocycles. The van der Waals surface area contributed by atoms with Crippen LogP contribution in [0.1, 0.15) is 41.5 Å². The summed E-state index contributed by atoms with van der Waals surface area (Å²) in [6.07, 6.45) is -0.593. The van der Waals surface area contributed by atoms with Crippen LogP contribution in [-0.4, -0.2) is 32.7 Å². The molecular formula is C15H29NO4Si. The van der Waals surface area contributed by atoms with Crippen LogP contribution < -0.4 is 5.32 Å². The van der Waals surface area contributed by atoms with E-state index >= 15 is 0 Å². The normalized spacial score (nSPS) is 25.3. The molecule has 6 heteroatoms. The first-order valence-electron chi connectivity index (χ1n) is 7.59. The molecule has 1 heterocycles. The highest BCUT2D eigenvalue weighted by Crippen LogP contribution is 2.44. The average Bonchev–Trinajstić information content (AvgIpc) is 2.24. The van der Waals surface area contributed by atoms with Crippen LogP contribution in [0.4, 0.5) is 0 Å². The molecule has 0 radical (unpaired) electrons. The third-order valence-corrected chi connectivity index (χ3v) is 5.11. The number of esters is 1. The fraction of sp³-hybridized carbons (Fsp3) is 0.867. The van der Waals surface area contributed by atoms with Gasteiger partial charge in [-0.15, -0.1) is 0 Å². The number of carbonyl (C=O) groups is 2. The number of rotatable bonds is 5. The zero-order chi connectivity index (χ0) is 16.6. The zero-order valence-electron chi connectivity index (χ0n) is 14.4. The molecule has 1 amide bonds. The SMILES string of the molecule is CC(C)C(=O)O[C@H]1NC(=O)[C@@H]1[C@@](C)(O[SiH](C)C)C(C)(C)C. The van der Waals surface area contributed by atoms with Crippen molar-refractivity contribution >= 4 is 20.9 Å². The van der Waals surface area contributed by atoms with Crippen molar-refractivity contribution in [3.8, 4) is 0 Å². The topological polar surface area (TPSA) is 64.6 Å². The number of hydrogen-bond acceptors (Lipinski definition) is 4. The molecule has 1 N–H and O–H groups in total. The lowest BCUT2D eigenvalue weighted by Crippen LogP contribution is -2.71. The Balaban J connectivity index is 3.00. The Morgan fingerprint density at radius 1 is 1.24 bits per heavy atom. The maximum Gasteiger partial charge on any atom is 0.310 e. The van der Waals surface area contributed by atoms with E-state index in [1.54, 1.807) is 13.8 Å². The van der Waals surface area contributed by atoms with Gasteiger partial charge in [-0.25, -0.2) is 0 Å². The van der Waals surface area contributed by atoms with Crippen LogP contribution in [0.2, 0.25) is 13.1 Å². The lowest BCUT2D eigenvalue weighted by Gasteiger charge is -2.53. The van der Waals surface area contributed by atoms with Gasteiger partial charge in [-0.1, -0.05) is 34.6 Å². The van der Waals surface area contributed by atoms with E-state index in [9.17, 15) is 9.59 Å². The minimum atomic E-state index is -1.36. The van der Waals surface area contributed by atoms with E-state index < -0.39 is 26.8 Å². The third-order valence-electron chi connectivity index (χ3n) is 4.15.